The summed E-state index contributed by atoms with van der Waals surface area (Å²) < 4.78 is 0. The van der Waals surface area contributed by atoms with E-state index in [2.05, 4.69) is 30.5 Å². The van der Waals surface area contributed by atoms with Gasteiger partial charge in [0.25, 0.3) is 0 Å². The summed E-state index contributed by atoms with van der Waals surface area (Å²) in [6, 6.07) is 0. The number of nitrogens with one attached hydrogen (secondary N) is 2. The zero-order chi connectivity index (χ0) is 12.8. The van der Waals surface area contributed by atoms with E-state index in [0.717, 1.165) is 41.8 Å². The van der Waals surface area contributed by atoms with Gasteiger partial charge in [-0.05, 0) is 24.7 Å². The first-order chi connectivity index (χ1) is 9.35. The number of hydrazine groups is 1. The molecule has 2 aliphatic rings. The average Bonchev–Trinajstić information content (AvgIpc) is 3.11. The molecule has 2 aromatic rings. The third-order valence-electron chi connectivity index (χ3n) is 4.44. The third-order valence-corrected chi connectivity index (χ3v) is 4.44. The van der Waals surface area contributed by atoms with Gasteiger partial charge in [-0.2, -0.15) is 15.1 Å². The zero-order valence-electron chi connectivity index (χ0n) is 10.6. The van der Waals surface area contributed by atoms with Crippen molar-refractivity contribution in [3.8, 4) is 0 Å². The lowest BCUT2D eigenvalue weighted by Crippen LogP contribution is -2.23. The summed E-state index contributed by atoms with van der Waals surface area (Å²) >= 11 is 0. The van der Waals surface area contributed by atoms with Crippen LogP contribution >= 0.6 is 0 Å². The largest absolute Gasteiger partial charge is 0.355 e. The molecule has 0 spiro atoms. The van der Waals surface area contributed by atoms with Crippen LogP contribution in [0, 0.1) is 11.8 Å². The highest BCUT2D eigenvalue weighted by Crippen LogP contribution is 2.40. The quantitative estimate of drug-likeness (QED) is 0.547. The Labute approximate surface area is 110 Å². The van der Waals surface area contributed by atoms with Gasteiger partial charge in [0.05, 0.1) is 11.6 Å². The molecule has 1 saturated heterocycles. The molecular weight excluding hydrogens is 242 g/mol. The van der Waals surface area contributed by atoms with Gasteiger partial charge in [0.1, 0.15) is 5.82 Å². The van der Waals surface area contributed by atoms with Gasteiger partial charge in [0, 0.05) is 13.1 Å². The maximum atomic E-state index is 5.44. The fraction of sp³-hybridized carbons (Fsp3) is 0.583. The Morgan fingerprint density at radius 3 is 2.79 bits per heavy atom. The van der Waals surface area contributed by atoms with Gasteiger partial charge in [0.15, 0.2) is 5.65 Å². The molecule has 3 heterocycles. The molecule has 4 rings (SSSR count). The molecule has 0 bridgehead atoms. The van der Waals surface area contributed by atoms with Crippen molar-refractivity contribution >= 4 is 22.8 Å². The van der Waals surface area contributed by atoms with Crippen LogP contribution in [-0.4, -0.2) is 33.3 Å². The minimum Gasteiger partial charge on any atom is -0.355 e. The number of fused-ring (bicyclic) bond motifs is 2. The monoisotopic (exact) mass is 259 g/mol. The molecule has 19 heavy (non-hydrogen) atoms. The Balaban J connectivity index is 1.75. The highest BCUT2D eigenvalue weighted by molar-refractivity contribution is 5.87. The number of nitrogen functional groups attached to an aromatic ring is 1. The van der Waals surface area contributed by atoms with Crippen molar-refractivity contribution in [1.29, 1.82) is 0 Å². The molecule has 1 aliphatic heterocycles. The van der Waals surface area contributed by atoms with E-state index >= 15 is 0 Å². The van der Waals surface area contributed by atoms with Gasteiger partial charge in [-0.25, -0.2) is 5.84 Å². The molecule has 0 aromatic carbocycles. The van der Waals surface area contributed by atoms with Crippen LogP contribution in [0.25, 0.3) is 11.0 Å². The van der Waals surface area contributed by atoms with Crippen molar-refractivity contribution < 1.29 is 0 Å². The van der Waals surface area contributed by atoms with Crippen LogP contribution < -0.4 is 16.2 Å². The van der Waals surface area contributed by atoms with E-state index < -0.39 is 0 Å². The van der Waals surface area contributed by atoms with Crippen molar-refractivity contribution in [3.63, 3.8) is 0 Å². The smallest absolute Gasteiger partial charge is 0.241 e. The summed E-state index contributed by atoms with van der Waals surface area (Å²) in [4.78, 5) is 11.1. The predicted molar refractivity (Wildman–Crippen MR) is 72.5 cm³/mol. The number of nitrogens with zero attached hydrogens (tertiary/aromatic N) is 4. The lowest BCUT2D eigenvalue weighted by molar-refractivity contribution is 0.494. The van der Waals surface area contributed by atoms with Crippen LogP contribution in [0.5, 0.6) is 0 Å². The van der Waals surface area contributed by atoms with E-state index in [4.69, 9.17) is 5.84 Å². The lowest BCUT2D eigenvalue weighted by atomic mass is 10.0. The second-order valence-electron chi connectivity index (χ2n) is 5.50. The number of anilines is 2. The predicted octanol–water partition coefficient (Wildman–Crippen LogP) is 0.875. The van der Waals surface area contributed by atoms with Gasteiger partial charge in [-0.15, -0.1) is 0 Å². The molecule has 2 fully saturated rings. The Morgan fingerprint density at radius 2 is 2.05 bits per heavy atom. The van der Waals surface area contributed by atoms with Crippen molar-refractivity contribution in [2.45, 2.75) is 19.3 Å². The first-order valence-corrected chi connectivity index (χ1v) is 6.78. The van der Waals surface area contributed by atoms with E-state index in [1.165, 1.54) is 19.3 Å². The van der Waals surface area contributed by atoms with Crippen LogP contribution in [0.3, 0.4) is 0 Å². The first kappa shape index (κ1) is 11.0. The Morgan fingerprint density at radius 1 is 1.26 bits per heavy atom. The van der Waals surface area contributed by atoms with Gasteiger partial charge in [-0.1, -0.05) is 6.42 Å². The van der Waals surface area contributed by atoms with Crippen LogP contribution in [0.1, 0.15) is 19.3 Å². The van der Waals surface area contributed by atoms with Crippen LogP contribution in [0.15, 0.2) is 6.20 Å². The van der Waals surface area contributed by atoms with Gasteiger partial charge >= 0.3 is 0 Å². The number of hydrogen-bond acceptors (Lipinski definition) is 6. The molecule has 4 N–H and O–H groups in total. The van der Waals surface area contributed by atoms with Gasteiger partial charge in [-0.3, -0.25) is 10.5 Å². The van der Waals surface area contributed by atoms with Crippen LogP contribution in [0.2, 0.25) is 0 Å². The molecule has 1 saturated carbocycles. The standard InChI is InChI=1S/C12H17N7/c13-17-12-15-10-9(4-14-18-10)11(16-12)19-5-7-2-1-3-8(7)6-19/h4,7-8H,1-3,5-6,13H2,(H2,14,15,16,17,18). The SMILES string of the molecule is NNc1nc(N2CC3CCCC3C2)c2cn[nH]c2n1. The van der Waals surface area contributed by atoms with Crippen molar-refractivity contribution in [2.75, 3.05) is 23.4 Å². The minimum atomic E-state index is 0.434. The topological polar surface area (TPSA) is 95.7 Å². The van der Waals surface area contributed by atoms with Gasteiger partial charge in [0.2, 0.25) is 5.95 Å². The third kappa shape index (κ3) is 1.65. The molecule has 7 heteroatoms. The summed E-state index contributed by atoms with van der Waals surface area (Å²) in [6.07, 6.45) is 5.87. The highest BCUT2D eigenvalue weighted by Gasteiger charge is 2.37. The summed E-state index contributed by atoms with van der Waals surface area (Å²) in [6.45, 7) is 2.18. The zero-order valence-corrected chi connectivity index (χ0v) is 10.6. The summed E-state index contributed by atoms with van der Waals surface area (Å²) in [5.41, 5.74) is 3.26. The van der Waals surface area contributed by atoms with Crippen LogP contribution in [-0.2, 0) is 0 Å². The number of H-pyrrole nitrogens is 1. The first-order valence-electron chi connectivity index (χ1n) is 6.78. The summed E-state index contributed by atoms with van der Waals surface area (Å²) in [5.74, 6) is 8.47. The fourth-order valence-corrected chi connectivity index (χ4v) is 3.53. The molecule has 0 radical (unpaired) electrons. The Hall–Kier alpha value is -1.89. The number of aromatic nitrogens is 4. The van der Waals surface area contributed by atoms with E-state index in [1.54, 1.807) is 6.20 Å². The van der Waals surface area contributed by atoms with Crippen molar-refractivity contribution in [2.24, 2.45) is 17.7 Å². The van der Waals surface area contributed by atoms with Crippen LogP contribution in [0.4, 0.5) is 11.8 Å². The highest BCUT2D eigenvalue weighted by atomic mass is 15.3. The Bertz CT molecular complexity index is 595. The number of hydrogen-bond donors (Lipinski definition) is 3. The Kier molecular flexibility index (Phi) is 2.34. The maximum absolute atomic E-state index is 5.44. The summed E-state index contributed by atoms with van der Waals surface area (Å²) in [5, 5.41) is 7.91. The van der Waals surface area contributed by atoms with E-state index in [9.17, 15) is 0 Å². The molecule has 2 aromatic heterocycles. The van der Waals surface area contributed by atoms with E-state index in [1.807, 2.05) is 0 Å². The second-order valence-corrected chi connectivity index (χ2v) is 5.50. The number of nitrogens with two attached hydrogens (primary N) is 1. The molecule has 100 valence electrons. The second kappa shape index (κ2) is 4.06. The molecular formula is C12H17N7. The number of rotatable bonds is 2. The molecule has 2 unspecified atom stereocenters. The molecule has 7 nitrogen and oxygen atoms in total. The normalized spacial score (nSPS) is 26.1. The van der Waals surface area contributed by atoms with E-state index in [0.29, 0.717) is 5.95 Å². The van der Waals surface area contributed by atoms with Crippen molar-refractivity contribution in [3.05, 3.63) is 6.20 Å². The molecule has 2 atom stereocenters. The number of aromatic amines is 1. The molecule has 1 aliphatic carbocycles. The van der Waals surface area contributed by atoms with E-state index in [-0.39, 0.29) is 0 Å². The lowest BCUT2D eigenvalue weighted by Gasteiger charge is -2.19. The average molecular weight is 259 g/mol. The maximum Gasteiger partial charge on any atom is 0.241 e. The molecule has 0 amide bonds. The van der Waals surface area contributed by atoms with Gasteiger partial charge < -0.3 is 4.90 Å². The fourth-order valence-electron chi connectivity index (χ4n) is 3.53. The minimum absolute atomic E-state index is 0.434. The van der Waals surface area contributed by atoms with Crippen molar-refractivity contribution in [1.82, 2.24) is 20.2 Å². The summed E-state index contributed by atoms with van der Waals surface area (Å²) in [7, 11) is 0.